The monoisotopic (exact) mass is 306 g/mol. The molecule has 6 nitrogen and oxygen atoms in total. The summed E-state index contributed by atoms with van der Waals surface area (Å²) in [7, 11) is 0. The zero-order valence-corrected chi connectivity index (χ0v) is 12.4. The minimum atomic E-state index is -0.216. The number of pyridine rings is 1. The van der Waals surface area contributed by atoms with Crippen LogP contribution in [0.3, 0.4) is 0 Å². The van der Waals surface area contributed by atoms with Crippen molar-refractivity contribution in [1.29, 1.82) is 0 Å². The predicted molar refractivity (Wildman–Crippen MR) is 85.5 cm³/mol. The van der Waals surface area contributed by atoms with Crippen LogP contribution in [-0.2, 0) is 0 Å². The van der Waals surface area contributed by atoms with Gasteiger partial charge in [-0.15, -0.1) is 5.10 Å². The topological polar surface area (TPSA) is 77.0 Å². The third-order valence-corrected chi connectivity index (χ3v) is 3.11. The van der Waals surface area contributed by atoms with Gasteiger partial charge in [-0.2, -0.15) is 5.10 Å². The van der Waals surface area contributed by atoms with Gasteiger partial charge in [0.2, 0.25) is 5.88 Å². The molecule has 3 rings (SSSR count). The summed E-state index contributed by atoms with van der Waals surface area (Å²) >= 11 is 0. The van der Waals surface area contributed by atoms with Crippen molar-refractivity contribution in [3.8, 4) is 11.6 Å². The van der Waals surface area contributed by atoms with Gasteiger partial charge in [0, 0.05) is 35.9 Å². The van der Waals surface area contributed by atoms with Crippen molar-refractivity contribution < 1.29 is 9.53 Å². The lowest BCUT2D eigenvalue weighted by Gasteiger charge is -2.09. The molecule has 0 aliphatic carbocycles. The van der Waals surface area contributed by atoms with Gasteiger partial charge in [0.05, 0.1) is 5.56 Å². The summed E-state index contributed by atoms with van der Waals surface area (Å²) in [4.78, 5) is 16.4. The molecule has 0 atom stereocenters. The lowest BCUT2D eigenvalue weighted by molar-refractivity contribution is 0.102. The zero-order valence-electron chi connectivity index (χ0n) is 12.4. The number of nitrogens with one attached hydrogen (secondary N) is 1. The summed E-state index contributed by atoms with van der Waals surface area (Å²) in [6.45, 7) is 1.79. The van der Waals surface area contributed by atoms with Gasteiger partial charge in [0.1, 0.15) is 5.75 Å². The Balaban J connectivity index is 1.75. The highest BCUT2D eigenvalue weighted by Crippen LogP contribution is 2.22. The number of rotatable bonds is 4. The van der Waals surface area contributed by atoms with Crippen LogP contribution in [0.5, 0.6) is 11.6 Å². The number of hydrogen-bond acceptors (Lipinski definition) is 5. The fourth-order valence-electron chi connectivity index (χ4n) is 2.02. The van der Waals surface area contributed by atoms with Crippen LogP contribution in [0.15, 0.2) is 60.9 Å². The number of anilines is 1. The van der Waals surface area contributed by atoms with E-state index in [9.17, 15) is 4.79 Å². The maximum Gasteiger partial charge on any atom is 0.257 e. The molecule has 3 aromatic rings. The van der Waals surface area contributed by atoms with E-state index in [1.54, 1.807) is 67.8 Å². The number of carbonyl (C=O) groups excluding carboxylic acids is 1. The van der Waals surface area contributed by atoms with E-state index >= 15 is 0 Å². The Morgan fingerprint density at radius 3 is 2.74 bits per heavy atom. The second kappa shape index (κ2) is 6.65. The Bertz CT molecular complexity index is 822. The van der Waals surface area contributed by atoms with Crippen molar-refractivity contribution in [2.75, 3.05) is 5.32 Å². The molecule has 0 radical (unpaired) electrons. The number of hydrogen-bond donors (Lipinski definition) is 1. The van der Waals surface area contributed by atoms with Crippen LogP contribution in [-0.4, -0.2) is 21.1 Å². The van der Waals surface area contributed by atoms with Crippen molar-refractivity contribution in [3.63, 3.8) is 0 Å². The van der Waals surface area contributed by atoms with Gasteiger partial charge in [-0.3, -0.25) is 9.78 Å². The molecule has 0 saturated carbocycles. The lowest BCUT2D eigenvalue weighted by atomic mass is 10.2. The standard InChI is InChI=1S/C17H14N4O2/c1-12-15(7-3-9-18-12)17(22)20-13-5-2-6-14(11-13)23-16-8-4-10-19-21-16/h2-11H,1H3,(H,20,22). The maximum absolute atomic E-state index is 12.3. The number of carbonyl (C=O) groups is 1. The third kappa shape index (κ3) is 3.68. The van der Waals surface area contributed by atoms with Crippen LogP contribution < -0.4 is 10.1 Å². The van der Waals surface area contributed by atoms with Gasteiger partial charge >= 0.3 is 0 Å². The van der Waals surface area contributed by atoms with E-state index in [0.717, 1.165) is 0 Å². The minimum absolute atomic E-state index is 0.216. The van der Waals surface area contributed by atoms with Gasteiger partial charge in [-0.25, -0.2) is 0 Å². The highest BCUT2D eigenvalue weighted by molar-refractivity contribution is 6.05. The van der Waals surface area contributed by atoms with Crippen LogP contribution in [0.2, 0.25) is 0 Å². The molecular weight excluding hydrogens is 292 g/mol. The van der Waals surface area contributed by atoms with E-state index in [1.165, 1.54) is 0 Å². The van der Waals surface area contributed by atoms with Crippen molar-refractivity contribution in [2.45, 2.75) is 6.92 Å². The fourth-order valence-corrected chi connectivity index (χ4v) is 2.02. The number of aromatic nitrogens is 3. The van der Waals surface area contributed by atoms with E-state index < -0.39 is 0 Å². The van der Waals surface area contributed by atoms with Crippen molar-refractivity contribution in [1.82, 2.24) is 15.2 Å². The Morgan fingerprint density at radius 1 is 1.09 bits per heavy atom. The minimum Gasteiger partial charge on any atom is -0.437 e. The van der Waals surface area contributed by atoms with Crippen molar-refractivity contribution in [3.05, 3.63) is 72.2 Å². The van der Waals surface area contributed by atoms with E-state index in [1.807, 2.05) is 0 Å². The van der Waals surface area contributed by atoms with E-state index in [4.69, 9.17) is 4.74 Å². The van der Waals surface area contributed by atoms with Crippen LogP contribution >= 0.6 is 0 Å². The molecule has 1 amide bonds. The normalized spacial score (nSPS) is 10.1. The largest absolute Gasteiger partial charge is 0.437 e. The fraction of sp³-hybridized carbons (Fsp3) is 0.0588. The molecule has 0 saturated heterocycles. The molecule has 1 N–H and O–H groups in total. The first kappa shape index (κ1) is 14.6. The second-order valence-corrected chi connectivity index (χ2v) is 4.78. The van der Waals surface area contributed by atoms with Gasteiger partial charge in [0.15, 0.2) is 0 Å². The average molecular weight is 306 g/mol. The quantitative estimate of drug-likeness (QED) is 0.800. The second-order valence-electron chi connectivity index (χ2n) is 4.78. The molecule has 23 heavy (non-hydrogen) atoms. The predicted octanol–water partition coefficient (Wildman–Crippen LogP) is 3.22. The summed E-state index contributed by atoms with van der Waals surface area (Å²) in [5.41, 5.74) is 1.84. The Morgan fingerprint density at radius 2 is 1.96 bits per heavy atom. The van der Waals surface area contributed by atoms with Gasteiger partial charge < -0.3 is 10.1 Å². The van der Waals surface area contributed by atoms with E-state index in [-0.39, 0.29) is 5.91 Å². The highest BCUT2D eigenvalue weighted by Gasteiger charge is 2.10. The molecule has 6 heteroatoms. The summed E-state index contributed by atoms with van der Waals surface area (Å²) in [6, 6.07) is 14.0. The summed E-state index contributed by atoms with van der Waals surface area (Å²) < 4.78 is 5.59. The molecule has 0 aliphatic rings. The Kier molecular flexibility index (Phi) is 4.24. The van der Waals surface area contributed by atoms with E-state index in [2.05, 4.69) is 20.5 Å². The first-order valence-electron chi connectivity index (χ1n) is 7.01. The molecule has 0 spiro atoms. The van der Waals surface area contributed by atoms with Crippen molar-refractivity contribution in [2.24, 2.45) is 0 Å². The lowest BCUT2D eigenvalue weighted by Crippen LogP contribution is -2.13. The molecule has 1 aromatic carbocycles. The molecular formula is C17H14N4O2. The zero-order chi connectivity index (χ0) is 16.1. The number of amides is 1. The van der Waals surface area contributed by atoms with Crippen LogP contribution in [0.4, 0.5) is 5.69 Å². The van der Waals surface area contributed by atoms with Crippen molar-refractivity contribution >= 4 is 11.6 Å². The van der Waals surface area contributed by atoms with Gasteiger partial charge in [0.25, 0.3) is 5.91 Å². The summed E-state index contributed by atoms with van der Waals surface area (Å²) in [5.74, 6) is 0.734. The Hall–Kier alpha value is -3.28. The number of aryl methyl sites for hydroxylation is 1. The first-order chi connectivity index (χ1) is 11.2. The third-order valence-electron chi connectivity index (χ3n) is 3.11. The number of nitrogens with zero attached hydrogens (tertiary/aromatic N) is 3. The summed E-state index contributed by atoms with van der Waals surface area (Å²) in [6.07, 6.45) is 3.22. The molecule has 0 aliphatic heterocycles. The van der Waals surface area contributed by atoms with Gasteiger partial charge in [-0.1, -0.05) is 6.07 Å². The van der Waals surface area contributed by atoms with Crippen LogP contribution in [0.1, 0.15) is 16.1 Å². The van der Waals surface area contributed by atoms with Crippen LogP contribution in [0.25, 0.3) is 0 Å². The Labute approximate surface area is 133 Å². The van der Waals surface area contributed by atoms with E-state index in [0.29, 0.717) is 28.6 Å². The molecule has 0 bridgehead atoms. The van der Waals surface area contributed by atoms with Gasteiger partial charge in [-0.05, 0) is 37.3 Å². The van der Waals surface area contributed by atoms with Crippen LogP contribution in [0, 0.1) is 6.92 Å². The molecule has 0 unspecified atom stereocenters. The first-order valence-corrected chi connectivity index (χ1v) is 7.01. The maximum atomic E-state index is 12.3. The molecule has 0 fully saturated rings. The average Bonchev–Trinajstić information content (AvgIpc) is 2.56. The summed E-state index contributed by atoms with van der Waals surface area (Å²) in [5, 5.41) is 10.4. The SMILES string of the molecule is Cc1ncccc1C(=O)Nc1cccc(Oc2cccnn2)c1. The smallest absolute Gasteiger partial charge is 0.257 e. The molecule has 2 heterocycles. The number of ether oxygens (including phenoxy) is 1. The molecule has 2 aromatic heterocycles. The highest BCUT2D eigenvalue weighted by atomic mass is 16.5. The molecule has 114 valence electrons. The number of benzene rings is 1.